The highest BCUT2D eigenvalue weighted by molar-refractivity contribution is 9.10. The number of amides is 1. The number of nitrogens with one attached hydrogen (secondary N) is 2. The molecule has 3 aromatic rings. The summed E-state index contributed by atoms with van der Waals surface area (Å²) in [5.41, 5.74) is 1.48. The first-order valence-corrected chi connectivity index (χ1v) is 9.97. The summed E-state index contributed by atoms with van der Waals surface area (Å²) in [6.07, 6.45) is 0. The molecular weight excluding hydrogens is 416 g/mol. The van der Waals surface area contributed by atoms with Crippen LogP contribution in [0.25, 0.3) is 0 Å². The fraction of sp³-hybridized carbons (Fsp3) is 0. The molecule has 0 heterocycles. The van der Waals surface area contributed by atoms with Crippen molar-refractivity contribution in [3.8, 4) is 0 Å². The van der Waals surface area contributed by atoms with Crippen LogP contribution in [-0.2, 0) is 10.0 Å². The van der Waals surface area contributed by atoms with Gasteiger partial charge in [0, 0.05) is 15.8 Å². The van der Waals surface area contributed by atoms with Crippen LogP contribution in [0.3, 0.4) is 0 Å². The highest BCUT2D eigenvalue weighted by Gasteiger charge is 2.15. The molecule has 7 heteroatoms. The average molecular weight is 431 g/mol. The third kappa shape index (κ3) is 4.30. The molecule has 0 unspecified atom stereocenters. The van der Waals surface area contributed by atoms with E-state index in [1.807, 2.05) is 6.07 Å². The molecule has 26 heavy (non-hydrogen) atoms. The van der Waals surface area contributed by atoms with Crippen LogP contribution in [0.5, 0.6) is 0 Å². The summed E-state index contributed by atoms with van der Waals surface area (Å²) in [7, 11) is -3.69. The van der Waals surface area contributed by atoms with Crippen LogP contribution in [0, 0.1) is 0 Å². The molecule has 132 valence electrons. The second kappa shape index (κ2) is 7.72. The van der Waals surface area contributed by atoms with Gasteiger partial charge in [0.25, 0.3) is 15.9 Å². The van der Waals surface area contributed by atoms with Gasteiger partial charge in [-0.2, -0.15) is 0 Å². The first-order valence-electron chi connectivity index (χ1n) is 7.69. The van der Waals surface area contributed by atoms with Crippen molar-refractivity contribution in [2.45, 2.75) is 4.90 Å². The fourth-order valence-electron chi connectivity index (χ4n) is 2.28. The van der Waals surface area contributed by atoms with Gasteiger partial charge < -0.3 is 5.32 Å². The topological polar surface area (TPSA) is 75.3 Å². The number of para-hydroxylation sites is 1. The maximum absolute atomic E-state index is 12.4. The minimum absolute atomic E-state index is 0.111. The molecule has 3 aromatic carbocycles. The van der Waals surface area contributed by atoms with Crippen LogP contribution in [0.1, 0.15) is 10.4 Å². The first kappa shape index (κ1) is 18.2. The average Bonchev–Trinajstić information content (AvgIpc) is 2.63. The summed E-state index contributed by atoms with van der Waals surface area (Å²) in [6, 6.07) is 21.7. The molecule has 0 saturated heterocycles. The van der Waals surface area contributed by atoms with Gasteiger partial charge in [0.05, 0.1) is 10.5 Å². The lowest BCUT2D eigenvalue weighted by Gasteiger charge is -2.10. The standard InChI is InChI=1S/C19H15BrN2O3S/c20-18-9-5-4-8-17(18)19(23)21-14-10-12-16(13-11-14)26(24,25)22-15-6-2-1-3-7-15/h1-13,22H,(H,21,23). The van der Waals surface area contributed by atoms with E-state index < -0.39 is 10.0 Å². The number of benzene rings is 3. The molecular formula is C19H15BrN2O3S. The molecule has 2 N–H and O–H groups in total. The van der Waals surface area contributed by atoms with Crippen LogP contribution in [0.4, 0.5) is 11.4 Å². The van der Waals surface area contributed by atoms with Crippen molar-refractivity contribution in [3.05, 3.63) is 88.9 Å². The number of hydrogen-bond donors (Lipinski definition) is 2. The maximum atomic E-state index is 12.4. The monoisotopic (exact) mass is 430 g/mol. The second-order valence-electron chi connectivity index (χ2n) is 5.43. The molecule has 1 amide bonds. The van der Waals surface area contributed by atoms with Crippen LogP contribution < -0.4 is 10.0 Å². The molecule has 0 atom stereocenters. The Morgan fingerprint density at radius 1 is 0.769 bits per heavy atom. The van der Waals surface area contributed by atoms with E-state index in [0.717, 1.165) is 0 Å². The normalized spacial score (nSPS) is 11.0. The predicted octanol–water partition coefficient (Wildman–Crippen LogP) is 4.50. The van der Waals surface area contributed by atoms with Crippen LogP contribution in [0.15, 0.2) is 88.2 Å². The molecule has 0 radical (unpaired) electrons. The quantitative estimate of drug-likeness (QED) is 0.625. The summed E-state index contributed by atoms with van der Waals surface area (Å²) in [5.74, 6) is -0.282. The Labute approximate surface area is 160 Å². The third-order valence-electron chi connectivity index (χ3n) is 3.57. The highest BCUT2D eigenvalue weighted by atomic mass is 79.9. The lowest BCUT2D eigenvalue weighted by Crippen LogP contribution is -2.14. The fourth-order valence-corrected chi connectivity index (χ4v) is 3.80. The van der Waals surface area contributed by atoms with Crippen LogP contribution in [0.2, 0.25) is 0 Å². The molecule has 0 aromatic heterocycles. The lowest BCUT2D eigenvalue weighted by molar-refractivity contribution is 0.102. The zero-order valence-electron chi connectivity index (χ0n) is 13.5. The molecule has 0 spiro atoms. The first-order chi connectivity index (χ1) is 12.5. The molecule has 0 saturated carbocycles. The third-order valence-corrected chi connectivity index (χ3v) is 5.66. The van der Waals surface area contributed by atoms with Gasteiger partial charge in [-0.3, -0.25) is 9.52 Å². The number of carbonyl (C=O) groups is 1. The van der Waals surface area contributed by atoms with E-state index in [4.69, 9.17) is 0 Å². The lowest BCUT2D eigenvalue weighted by atomic mass is 10.2. The van der Waals surface area contributed by atoms with E-state index in [1.54, 1.807) is 60.7 Å². The van der Waals surface area contributed by atoms with Crippen molar-refractivity contribution in [2.75, 3.05) is 10.0 Å². The zero-order chi connectivity index (χ0) is 18.6. The second-order valence-corrected chi connectivity index (χ2v) is 7.97. The number of sulfonamides is 1. The largest absolute Gasteiger partial charge is 0.322 e. The Morgan fingerprint density at radius 2 is 1.38 bits per heavy atom. The Hall–Kier alpha value is -2.64. The van der Waals surface area contributed by atoms with E-state index in [9.17, 15) is 13.2 Å². The van der Waals surface area contributed by atoms with Crippen molar-refractivity contribution < 1.29 is 13.2 Å². The van der Waals surface area contributed by atoms with Gasteiger partial charge in [0.1, 0.15) is 0 Å². The van der Waals surface area contributed by atoms with Crippen LogP contribution >= 0.6 is 15.9 Å². The van der Waals surface area contributed by atoms with E-state index >= 15 is 0 Å². The maximum Gasteiger partial charge on any atom is 0.261 e. The van der Waals surface area contributed by atoms with Crippen molar-refractivity contribution in [1.29, 1.82) is 0 Å². The predicted molar refractivity (Wildman–Crippen MR) is 106 cm³/mol. The molecule has 0 aliphatic rings. The Balaban J connectivity index is 1.74. The smallest absolute Gasteiger partial charge is 0.261 e. The van der Waals surface area contributed by atoms with Gasteiger partial charge in [-0.15, -0.1) is 0 Å². The van der Waals surface area contributed by atoms with E-state index in [0.29, 0.717) is 21.4 Å². The van der Waals surface area contributed by atoms with Gasteiger partial charge in [-0.05, 0) is 64.5 Å². The molecule has 3 rings (SSSR count). The van der Waals surface area contributed by atoms with Gasteiger partial charge >= 0.3 is 0 Å². The van der Waals surface area contributed by atoms with Gasteiger partial charge in [0.2, 0.25) is 0 Å². The number of rotatable bonds is 5. The summed E-state index contributed by atoms with van der Waals surface area (Å²) in [4.78, 5) is 12.4. The Bertz CT molecular complexity index is 1020. The molecule has 0 fully saturated rings. The minimum atomic E-state index is -3.69. The number of anilines is 2. The molecule has 0 aliphatic heterocycles. The van der Waals surface area contributed by atoms with E-state index in [-0.39, 0.29) is 10.8 Å². The SMILES string of the molecule is O=C(Nc1ccc(S(=O)(=O)Nc2ccccc2)cc1)c1ccccc1Br. The zero-order valence-corrected chi connectivity index (χ0v) is 15.9. The van der Waals surface area contributed by atoms with Crippen molar-refractivity contribution in [1.82, 2.24) is 0 Å². The minimum Gasteiger partial charge on any atom is -0.322 e. The number of halogens is 1. The number of hydrogen-bond acceptors (Lipinski definition) is 3. The van der Waals surface area contributed by atoms with Gasteiger partial charge in [-0.25, -0.2) is 8.42 Å². The van der Waals surface area contributed by atoms with Gasteiger partial charge in [-0.1, -0.05) is 30.3 Å². The summed E-state index contributed by atoms with van der Waals surface area (Å²) in [5, 5.41) is 2.74. The summed E-state index contributed by atoms with van der Waals surface area (Å²) < 4.78 is 28.0. The van der Waals surface area contributed by atoms with Crippen LogP contribution in [-0.4, -0.2) is 14.3 Å². The van der Waals surface area contributed by atoms with Crippen molar-refractivity contribution in [2.24, 2.45) is 0 Å². The Morgan fingerprint density at radius 3 is 2.04 bits per heavy atom. The summed E-state index contributed by atoms with van der Waals surface area (Å²) >= 11 is 3.33. The summed E-state index contributed by atoms with van der Waals surface area (Å²) in [6.45, 7) is 0. The molecule has 0 aliphatic carbocycles. The van der Waals surface area contributed by atoms with E-state index in [1.165, 1.54) is 12.1 Å². The molecule has 0 bridgehead atoms. The van der Waals surface area contributed by atoms with Crippen molar-refractivity contribution in [3.63, 3.8) is 0 Å². The van der Waals surface area contributed by atoms with E-state index in [2.05, 4.69) is 26.0 Å². The Kier molecular flexibility index (Phi) is 5.39. The molecule has 5 nitrogen and oxygen atoms in total. The highest BCUT2D eigenvalue weighted by Crippen LogP contribution is 2.20. The van der Waals surface area contributed by atoms with Crippen molar-refractivity contribution >= 4 is 43.2 Å². The number of carbonyl (C=O) groups excluding carboxylic acids is 1. The van der Waals surface area contributed by atoms with Gasteiger partial charge in [0.15, 0.2) is 0 Å².